The lowest BCUT2D eigenvalue weighted by Crippen LogP contribution is -2.56. The zero-order valence-electron chi connectivity index (χ0n) is 10.2. The van der Waals surface area contributed by atoms with E-state index in [1.165, 1.54) is 12.1 Å². The molecule has 2 fully saturated rings. The van der Waals surface area contributed by atoms with Gasteiger partial charge in [-0.3, -0.25) is 4.79 Å². The summed E-state index contributed by atoms with van der Waals surface area (Å²) in [5, 5.41) is 4.52. The molecule has 3 atom stereocenters. The maximum atomic E-state index is 13.3. The van der Waals surface area contributed by atoms with E-state index in [-0.39, 0.29) is 17.8 Å². The van der Waals surface area contributed by atoms with Gasteiger partial charge in [0, 0.05) is 13.1 Å². The molecule has 19 heavy (non-hydrogen) atoms. The number of amides is 1. The summed E-state index contributed by atoms with van der Waals surface area (Å²) in [5.41, 5.74) is 3.82. The van der Waals surface area contributed by atoms with Crippen LogP contribution in [0.2, 0.25) is 0 Å². The van der Waals surface area contributed by atoms with Crippen LogP contribution in [0.3, 0.4) is 0 Å². The second-order valence-corrected chi connectivity index (χ2v) is 4.80. The Morgan fingerprint density at radius 2 is 2.26 bits per heavy atom. The van der Waals surface area contributed by atoms with Crippen LogP contribution in [0.25, 0.3) is 0 Å². The topological polar surface area (TPSA) is 61.4 Å². The van der Waals surface area contributed by atoms with E-state index in [2.05, 4.69) is 10.7 Å². The summed E-state index contributed by atoms with van der Waals surface area (Å²) in [7, 11) is 0. The van der Waals surface area contributed by atoms with E-state index in [0.717, 1.165) is 6.29 Å². The predicted octanol–water partition coefficient (Wildman–Crippen LogP) is 0.000500. The number of hydrazine groups is 1. The number of fused-ring (bicyclic) bond motifs is 1. The molecule has 3 rings (SSSR count). The van der Waals surface area contributed by atoms with Crippen molar-refractivity contribution in [2.75, 3.05) is 13.1 Å². The maximum Gasteiger partial charge on any atom is 0.239 e. The minimum Gasteiger partial charge on any atom is -0.353 e. The van der Waals surface area contributed by atoms with Gasteiger partial charge in [-0.2, -0.15) is 0 Å². The number of nitrogens with one attached hydrogen (secondary N) is 2. The number of hydrogen-bond donors (Lipinski definition) is 2. The van der Waals surface area contributed by atoms with Gasteiger partial charge in [-0.25, -0.2) is 14.8 Å². The average Bonchev–Trinajstić information content (AvgIpc) is 2.78. The molecule has 2 heterocycles. The van der Waals surface area contributed by atoms with E-state index in [0.29, 0.717) is 18.7 Å². The Labute approximate surface area is 109 Å². The van der Waals surface area contributed by atoms with E-state index in [1.807, 2.05) is 0 Å². The number of nitrogens with zero attached hydrogens (tertiary/aromatic N) is 1. The SMILES string of the molecule is O=CC1C(c2cccc(F)c2)NN2CCNC(=O)C12. The van der Waals surface area contributed by atoms with E-state index in [4.69, 9.17) is 0 Å². The third kappa shape index (κ3) is 2.02. The molecule has 2 aliphatic rings. The van der Waals surface area contributed by atoms with Crippen molar-refractivity contribution in [3.8, 4) is 0 Å². The van der Waals surface area contributed by atoms with Gasteiger partial charge in [0.2, 0.25) is 5.91 Å². The van der Waals surface area contributed by atoms with Gasteiger partial charge in [-0.15, -0.1) is 0 Å². The van der Waals surface area contributed by atoms with Crippen LogP contribution in [0.15, 0.2) is 24.3 Å². The van der Waals surface area contributed by atoms with Crippen LogP contribution in [0.1, 0.15) is 11.6 Å². The van der Waals surface area contributed by atoms with Crippen LogP contribution in [-0.4, -0.2) is 36.3 Å². The first-order chi connectivity index (χ1) is 9.20. The highest BCUT2D eigenvalue weighted by Crippen LogP contribution is 2.33. The van der Waals surface area contributed by atoms with Crippen molar-refractivity contribution in [3.63, 3.8) is 0 Å². The molecule has 1 aromatic carbocycles. The Bertz CT molecular complexity index is 522. The number of rotatable bonds is 2. The molecule has 2 N–H and O–H groups in total. The molecule has 6 heteroatoms. The summed E-state index contributed by atoms with van der Waals surface area (Å²) in [5.74, 6) is -1.02. The van der Waals surface area contributed by atoms with Crippen molar-refractivity contribution < 1.29 is 14.0 Å². The quantitative estimate of drug-likeness (QED) is 0.737. The van der Waals surface area contributed by atoms with Gasteiger partial charge in [0.25, 0.3) is 0 Å². The van der Waals surface area contributed by atoms with Crippen molar-refractivity contribution in [2.45, 2.75) is 12.1 Å². The molecule has 2 aliphatic heterocycles. The first kappa shape index (κ1) is 12.3. The van der Waals surface area contributed by atoms with E-state index < -0.39 is 12.0 Å². The molecule has 0 saturated carbocycles. The fraction of sp³-hybridized carbons (Fsp3) is 0.385. The van der Waals surface area contributed by atoms with E-state index >= 15 is 0 Å². The van der Waals surface area contributed by atoms with Crippen molar-refractivity contribution in [1.29, 1.82) is 0 Å². The van der Waals surface area contributed by atoms with Gasteiger partial charge in [0.05, 0.1) is 12.0 Å². The molecule has 100 valence electrons. The highest BCUT2D eigenvalue weighted by Gasteiger charge is 2.47. The summed E-state index contributed by atoms with van der Waals surface area (Å²) in [4.78, 5) is 23.2. The number of halogens is 1. The standard InChI is InChI=1S/C13H14FN3O2/c14-9-3-1-2-8(6-9)11-10(7-18)12-13(19)15-4-5-17(12)16-11/h1-3,6-7,10-12,16H,4-5H2,(H,15,19). The molecule has 2 saturated heterocycles. The number of benzene rings is 1. The van der Waals surface area contributed by atoms with Crippen molar-refractivity contribution in [3.05, 3.63) is 35.6 Å². The number of carbonyl (C=O) groups excluding carboxylic acids is 2. The Kier molecular flexibility index (Phi) is 3.04. The molecular weight excluding hydrogens is 249 g/mol. The zero-order valence-corrected chi connectivity index (χ0v) is 10.2. The Balaban J connectivity index is 1.94. The Hall–Kier alpha value is -1.79. The fourth-order valence-electron chi connectivity index (χ4n) is 2.81. The summed E-state index contributed by atoms with van der Waals surface area (Å²) >= 11 is 0. The molecular formula is C13H14FN3O2. The summed E-state index contributed by atoms with van der Waals surface area (Å²) in [6.07, 6.45) is 0.776. The van der Waals surface area contributed by atoms with Gasteiger partial charge in [-0.05, 0) is 17.7 Å². The number of aldehydes is 1. The predicted molar refractivity (Wildman–Crippen MR) is 65.3 cm³/mol. The van der Waals surface area contributed by atoms with E-state index in [9.17, 15) is 14.0 Å². The van der Waals surface area contributed by atoms with Crippen LogP contribution in [-0.2, 0) is 9.59 Å². The first-order valence-corrected chi connectivity index (χ1v) is 6.22. The molecule has 0 radical (unpaired) electrons. The smallest absolute Gasteiger partial charge is 0.239 e. The summed E-state index contributed by atoms with van der Waals surface area (Å²) in [6, 6.07) is 5.24. The van der Waals surface area contributed by atoms with E-state index in [1.54, 1.807) is 17.1 Å². The molecule has 0 aromatic heterocycles. The Morgan fingerprint density at radius 1 is 1.42 bits per heavy atom. The molecule has 0 spiro atoms. The third-order valence-electron chi connectivity index (χ3n) is 3.68. The van der Waals surface area contributed by atoms with Crippen LogP contribution in [0.5, 0.6) is 0 Å². The minimum absolute atomic E-state index is 0.158. The van der Waals surface area contributed by atoms with Gasteiger partial charge in [-0.1, -0.05) is 12.1 Å². The van der Waals surface area contributed by atoms with Crippen LogP contribution >= 0.6 is 0 Å². The molecule has 0 bridgehead atoms. The number of hydrogen-bond acceptors (Lipinski definition) is 4. The monoisotopic (exact) mass is 263 g/mol. The lowest BCUT2D eigenvalue weighted by Gasteiger charge is -2.29. The van der Waals surface area contributed by atoms with Crippen LogP contribution in [0.4, 0.5) is 4.39 Å². The summed E-state index contributed by atoms with van der Waals surface area (Å²) in [6.45, 7) is 1.18. The molecule has 0 aliphatic carbocycles. The van der Waals surface area contributed by atoms with Crippen LogP contribution in [0, 0.1) is 11.7 Å². The lowest BCUT2D eigenvalue weighted by atomic mass is 9.89. The van der Waals surface area contributed by atoms with Gasteiger partial charge in [0.1, 0.15) is 18.1 Å². The number of carbonyl (C=O) groups is 2. The zero-order chi connectivity index (χ0) is 13.4. The maximum absolute atomic E-state index is 13.3. The van der Waals surface area contributed by atoms with Gasteiger partial charge in [0.15, 0.2) is 0 Å². The third-order valence-corrected chi connectivity index (χ3v) is 3.68. The van der Waals surface area contributed by atoms with Crippen molar-refractivity contribution >= 4 is 12.2 Å². The molecule has 1 aromatic rings. The normalized spacial score (nSPS) is 30.8. The fourth-order valence-corrected chi connectivity index (χ4v) is 2.81. The molecule has 1 amide bonds. The highest BCUT2D eigenvalue weighted by molar-refractivity contribution is 5.86. The molecule has 3 unspecified atom stereocenters. The first-order valence-electron chi connectivity index (χ1n) is 6.22. The summed E-state index contributed by atoms with van der Waals surface area (Å²) < 4.78 is 13.3. The Morgan fingerprint density at radius 3 is 3.00 bits per heavy atom. The second kappa shape index (κ2) is 4.71. The van der Waals surface area contributed by atoms with Crippen molar-refractivity contribution in [2.24, 2.45) is 5.92 Å². The minimum atomic E-state index is -0.514. The molecule has 5 nitrogen and oxygen atoms in total. The lowest BCUT2D eigenvalue weighted by molar-refractivity contribution is -0.131. The second-order valence-electron chi connectivity index (χ2n) is 4.80. The van der Waals surface area contributed by atoms with Gasteiger partial charge < -0.3 is 10.1 Å². The average molecular weight is 263 g/mol. The number of piperazine rings is 1. The highest BCUT2D eigenvalue weighted by atomic mass is 19.1. The van der Waals surface area contributed by atoms with Crippen molar-refractivity contribution in [1.82, 2.24) is 15.8 Å². The van der Waals surface area contributed by atoms with Gasteiger partial charge >= 0.3 is 0 Å². The largest absolute Gasteiger partial charge is 0.353 e. The van der Waals surface area contributed by atoms with Crippen LogP contribution < -0.4 is 10.7 Å².